The number of rotatable bonds is 1. The van der Waals surface area contributed by atoms with Gasteiger partial charge in [0.05, 0.1) is 17.5 Å². The van der Waals surface area contributed by atoms with E-state index in [0.29, 0.717) is 0 Å². The van der Waals surface area contributed by atoms with Gasteiger partial charge in [0.25, 0.3) is 0 Å². The fraction of sp³-hybridized carbons (Fsp3) is 0.909. The summed E-state index contributed by atoms with van der Waals surface area (Å²) in [6.07, 6.45) is 1.13. The van der Waals surface area contributed by atoms with Crippen LogP contribution in [0, 0.1) is 5.41 Å². The third kappa shape index (κ3) is 2.27. The van der Waals surface area contributed by atoms with Gasteiger partial charge in [-0.3, -0.25) is 4.99 Å². The van der Waals surface area contributed by atoms with Gasteiger partial charge in [-0.05, 0) is 20.3 Å². The molecule has 3 nitrogen and oxygen atoms in total. The molecule has 0 aromatic carbocycles. The van der Waals surface area contributed by atoms with E-state index >= 15 is 0 Å². The van der Waals surface area contributed by atoms with Gasteiger partial charge in [0.1, 0.15) is 0 Å². The van der Waals surface area contributed by atoms with Gasteiger partial charge in [0.2, 0.25) is 0 Å². The van der Waals surface area contributed by atoms with E-state index in [1.54, 1.807) is 0 Å². The quantitative estimate of drug-likeness (QED) is 0.517. The third-order valence-electron chi connectivity index (χ3n) is 3.00. The third-order valence-corrected chi connectivity index (χ3v) is 3.00. The van der Waals surface area contributed by atoms with Crippen molar-refractivity contribution in [2.45, 2.75) is 52.7 Å². The highest BCUT2D eigenvalue weighted by Gasteiger charge is 2.37. The van der Waals surface area contributed by atoms with Crippen molar-refractivity contribution in [3.8, 4) is 0 Å². The average molecular weight is 198 g/mol. The van der Waals surface area contributed by atoms with Crippen LogP contribution >= 0.6 is 0 Å². The molecule has 3 heteroatoms. The van der Waals surface area contributed by atoms with Crippen molar-refractivity contribution in [2.24, 2.45) is 16.1 Å². The van der Waals surface area contributed by atoms with Crippen LogP contribution in [-0.4, -0.2) is 24.1 Å². The van der Waals surface area contributed by atoms with Crippen molar-refractivity contribution >= 4 is 5.84 Å². The van der Waals surface area contributed by atoms with Gasteiger partial charge < -0.3 is 10.5 Å². The van der Waals surface area contributed by atoms with Gasteiger partial charge >= 0.3 is 0 Å². The molecule has 0 radical (unpaired) electrons. The number of amidine groups is 1. The van der Waals surface area contributed by atoms with Crippen molar-refractivity contribution in [1.82, 2.24) is 0 Å². The van der Waals surface area contributed by atoms with Crippen LogP contribution in [0.5, 0.6) is 0 Å². The Hall–Kier alpha value is -0.570. The van der Waals surface area contributed by atoms with Crippen LogP contribution in [0.1, 0.15) is 41.0 Å². The molecule has 0 bridgehead atoms. The number of nitrogens with zero attached hydrogens (tertiary/aromatic N) is 1. The minimum atomic E-state index is -0.128. The molecule has 0 aromatic heterocycles. The van der Waals surface area contributed by atoms with Gasteiger partial charge in [-0.25, -0.2) is 0 Å². The summed E-state index contributed by atoms with van der Waals surface area (Å²) in [5, 5.41) is 0. The molecule has 0 aliphatic carbocycles. The number of hydrogen-bond donors (Lipinski definition) is 1. The smallest absolute Gasteiger partial charge is 0.0999 e. The van der Waals surface area contributed by atoms with Crippen LogP contribution < -0.4 is 5.73 Å². The van der Waals surface area contributed by atoms with Crippen LogP contribution in [0.2, 0.25) is 0 Å². The van der Waals surface area contributed by atoms with E-state index in [0.717, 1.165) is 18.9 Å². The molecule has 1 saturated heterocycles. The molecular weight excluding hydrogens is 176 g/mol. The molecule has 1 aliphatic rings. The molecule has 0 saturated carbocycles. The topological polar surface area (TPSA) is 47.6 Å². The standard InChI is InChI=1S/C11H22N2O/c1-8-11(5,6-7-14-8)13-9(12)10(2,3)4/h8H,6-7H2,1-5H3,(H2,12,13). The molecule has 2 atom stereocenters. The second kappa shape index (κ2) is 3.54. The van der Waals surface area contributed by atoms with Gasteiger partial charge in [-0.2, -0.15) is 0 Å². The normalized spacial score (nSPS) is 34.9. The summed E-state index contributed by atoms with van der Waals surface area (Å²) in [5.74, 6) is 0.720. The minimum Gasteiger partial charge on any atom is -0.387 e. The molecular formula is C11H22N2O. The Morgan fingerprint density at radius 1 is 1.50 bits per heavy atom. The van der Waals surface area contributed by atoms with Gasteiger partial charge in [-0.1, -0.05) is 20.8 Å². The number of nitrogens with two attached hydrogens (primary N) is 1. The van der Waals surface area contributed by atoms with Crippen LogP contribution in [0.4, 0.5) is 0 Å². The van der Waals surface area contributed by atoms with Crippen molar-refractivity contribution in [3.63, 3.8) is 0 Å². The van der Waals surface area contributed by atoms with Crippen LogP contribution in [0.15, 0.2) is 4.99 Å². The number of ether oxygens (including phenoxy) is 1. The lowest BCUT2D eigenvalue weighted by atomic mass is 9.91. The zero-order valence-corrected chi connectivity index (χ0v) is 9.92. The average Bonchev–Trinajstić information content (AvgIpc) is 2.30. The minimum absolute atomic E-state index is 0.0503. The molecule has 14 heavy (non-hydrogen) atoms. The maximum Gasteiger partial charge on any atom is 0.0999 e. The molecule has 2 unspecified atom stereocenters. The predicted molar refractivity (Wildman–Crippen MR) is 59.5 cm³/mol. The summed E-state index contributed by atoms with van der Waals surface area (Å²) in [5.41, 5.74) is 5.79. The monoisotopic (exact) mass is 198 g/mol. The van der Waals surface area contributed by atoms with Crippen molar-refractivity contribution < 1.29 is 4.74 Å². The molecule has 1 fully saturated rings. The Morgan fingerprint density at radius 3 is 2.43 bits per heavy atom. The SMILES string of the molecule is CC1OCCC1(C)N=C(N)C(C)(C)C. The number of aliphatic imine (C=N–C) groups is 1. The van der Waals surface area contributed by atoms with E-state index in [1.165, 1.54) is 0 Å². The fourth-order valence-electron chi connectivity index (χ4n) is 1.41. The largest absolute Gasteiger partial charge is 0.387 e. The van der Waals surface area contributed by atoms with Crippen LogP contribution in [0.25, 0.3) is 0 Å². The van der Waals surface area contributed by atoms with E-state index in [4.69, 9.17) is 10.5 Å². The second-order valence-corrected chi connectivity index (χ2v) is 5.37. The summed E-state index contributed by atoms with van der Waals surface area (Å²) in [6.45, 7) is 11.2. The lowest BCUT2D eigenvalue weighted by molar-refractivity contribution is 0.101. The first-order chi connectivity index (χ1) is 6.26. The fourth-order valence-corrected chi connectivity index (χ4v) is 1.41. The summed E-state index contributed by atoms with van der Waals surface area (Å²) in [4.78, 5) is 4.63. The zero-order valence-electron chi connectivity index (χ0n) is 9.92. The van der Waals surface area contributed by atoms with Gasteiger partial charge in [0.15, 0.2) is 0 Å². The summed E-state index contributed by atoms with van der Waals surface area (Å²) < 4.78 is 5.52. The lowest BCUT2D eigenvalue weighted by Gasteiger charge is -2.27. The Labute approximate surface area is 86.7 Å². The van der Waals surface area contributed by atoms with Crippen molar-refractivity contribution in [2.75, 3.05) is 6.61 Å². The predicted octanol–water partition coefficient (Wildman–Crippen LogP) is 1.96. The van der Waals surface area contributed by atoms with E-state index in [-0.39, 0.29) is 17.1 Å². The number of hydrogen-bond acceptors (Lipinski definition) is 2. The molecule has 82 valence electrons. The summed E-state index contributed by atoms with van der Waals surface area (Å²) in [7, 11) is 0. The van der Waals surface area contributed by atoms with Crippen LogP contribution in [-0.2, 0) is 4.74 Å². The first-order valence-corrected chi connectivity index (χ1v) is 5.23. The molecule has 0 amide bonds. The molecule has 0 aromatic rings. The highest BCUT2D eigenvalue weighted by molar-refractivity contribution is 5.85. The maximum absolute atomic E-state index is 5.97. The maximum atomic E-state index is 5.97. The van der Waals surface area contributed by atoms with E-state index in [1.807, 2.05) is 0 Å². The molecule has 1 rings (SSSR count). The van der Waals surface area contributed by atoms with Crippen molar-refractivity contribution in [1.29, 1.82) is 0 Å². The summed E-state index contributed by atoms with van der Waals surface area (Å²) >= 11 is 0. The summed E-state index contributed by atoms with van der Waals surface area (Å²) in [6, 6.07) is 0. The van der Waals surface area contributed by atoms with Gasteiger partial charge in [-0.15, -0.1) is 0 Å². The van der Waals surface area contributed by atoms with E-state index in [9.17, 15) is 0 Å². The molecule has 0 spiro atoms. The van der Waals surface area contributed by atoms with E-state index < -0.39 is 0 Å². The Morgan fingerprint density at radius 2 is 2.07 bits per heavy atom. The van der Waals surface area contributed by atoms with Gasteiger partial charge in [0, 0.05) is 12.0 Å². The Bertz CT molecular complexity index is 242. The lowest BCUT2D eigenvalue weighted by Crippen LogP contribution is -2.37. The van der Waals surface area contributed by atoms with E-state index in [2.05, 4.69) is 39.6 Å². The molecule has 2 N–H and O–H groups in total. The zero-order chi connectivity index (χ0) is 11.0. The molecule has 1 heterocycles. The first kappa shape index (κ1) is 11.5. The van der Waals surface area contributed by atoms with Crippen molar-refractivity contribution in [3.05, 3.63) is 0 Å². The highest BCUT2D eigenvalue weighted by Crippen LogP contribution is 2.30. The Kier molecular flexibility index (Phi) is 2.91. The second-order valence-electron chi connectivity index (χ2n) is 5.37. The van der Waals surface area contributed by atoms with Crippen LogP contribution in [0.3, 0.4) is 0 Å². The Balaban J connectivity index is 2.85. The first-order valence-electron chi connectivity index (χ1n) is 5.23. The molecule has 1 aliphatic heterocycles. The highest BCUT2D eigenvalue weighted by atomic mass is 16.5.